The van der Waals surface area contributed by atoms with E-state index < -0.39 is 11.9 Å². The summed E-state index contributed by atoms with van der Waals surface area (Å²) >= 11 is 0. The summed E-state index contributed by atoms with van der Waals surface area (Å²) in [5, 5.41) is 10.4. The fourth-order valence-electron chi connectivity index (χ4n) is 5.99. The lowest BCUT2D eigenvalue weighted by Crippen LogP contribution is -2.45. The molecule has 0 bridgehead atoms. The molecule has 4 rings (SSSR count). The second-order valence-electron chi connectivity index (χ2n) is 10.6. The molecule has 210 valence electrons. The van der Waals surface area contributed by atoms with Gasteiger partial charge in [0.05, 0.1) is 12.5 Å². The fourth-order valence-corrected chi connectivity index (χ4v) is 5.99. The van der Waals surface area contributed by atoms with Gasteiger partial charge in [-0.15, -0.1) is 0 Å². The number of aliphatic carboxylic acids is 1. The van der Waals surface area contributed by atoms with Gasteiger partial charge in [0.25, 0.3) is 0 Å². The van der Waals surface area contributed by atoms with Gasteiger partial charge >= 0.3 is 5.97 Å². The molecule has 2 saturated heterocycles. The van der Waals surface area contributed by atoms with E-state index >= 15 is 0 Å². The average molecular weight is 531 g/mol. The number of hydrogen-bond donors (Lipinski definition) is 2. The third-order valence-corrected chi connectivity index (χ3v) is 8.08. The van der Waals surface area contributed by atoms with E-state index in [0.717, 1.165) is 37.7 Å². The number of carboxylic acid groups (broad SMARTS) is 1. The van der Waals surface area contributed by atoms with Crippen LogP contribution in [-0.4, -0.2) is 96.2 Å². The van der Waals surface area contributed by atoms with Crippen LogP contribution in [0.15, 0.2) is 18.2 Å². The highest BCUT2D eigenvalue weighted by atomic mass is 16.7. The summed E-state index contributed by atoms with van der Waals surface area (Å²) in [5.41, 5.74) is 6.54. The minimum atomic E-state index is -0.883. The molecule has 1 aromatic carbocycles. The predicted octanol–water partition coefficient (Wildman–Crippen LogP) is 2.26. The smallest absolute Gasteiger partial charge is 0.308 e. The van der Waals surface area contributed by atoms with Crippen LogP contribution in [0.25, 0.3) is 0 Å². The Hall–Kier alpha value is -2.85. The number of unbranched alkanes of at least 4 members (excludes halogenated alkanes) is 2. The van der Waals surface area contributed by atoms with E-state index in [1.807, 2.05) is 32.9 Å². The molecule has 10 nitrogen and oxygen atoms in total. The maximum atomic E-state index is 13.5. The first-order chi connectivity index (χ1) is 18.4. The van der Waals surface area contributed by atoms with E-state index in [-0.39, 0.29) is 37.1 Å². The zero-order chi connectivity index (χ0) is 27.1. The van der Waals surface area contributed by atoms with E-state index in [1.54, 1.807) is 0 Å². The van der Waals surface area contributed by atoms with Crippen molar-refractivity contribution in [2.45, 2.75) is 63.8 Å². The van der Waals surface area contributed by atoms with Gasteiger partial charge in [-0.2, -0.15) is 0 Å². The molecule has 0 spiro atoms. The SMILES string of the molecule is CCCCN(CCCCN)C(=O)CN1C[C@H](c2ccc3c(c2)OCO3)C(C(=O)O)[C@@H]1CCN1CCCC1=O. The molecule has 0 aromatic heterocycles. The first kappa shape index (κ1) is 28.2. The molecular weight excluding hydrogens is 488 g/mol. The second kappa shape index (κ2) is 13.3. The Morgan fingerprint density at radius 2 is 1.95 bits per heavy atom. The number of nitrogens with two attached hydrogens (primary N) is 1. The highest BCUT2D eigenvalue weighted by Gasteiger charge is 2.47. The molecule has 0 radical (unpaired) electrons. The Balaban J connectivity index is 1.56. The van der Waals surface area contributed by atoms with Crippen LogP contribution >= 0.6 is 0 Å². The largest absolute Gasteiger partial charge is 0.481 e. The van der Waals surface area contributed by atoms with Gasteiger partial charge in [0.15, 0.2) is 11.5 Å². The highest BCUT2D eigenvalue weighted by Crippen LogP contribution is 2.42. The van der Waals surface area contributed by atoms with Crippen LogP contribution in [0, 0.1) is 5.92 Å². The van der Waals surface area contributed by atoms with Gasteiger partial charge in [-0.1, -0.05) is 19.4 Å². The summed E-state index contributed by atoms with van der Waals surface area (Å²) in [6.45, 7) is 6.02. The Bertz CT molecular complexity index is 988. The number of benzene rings is 1. The van der Waals surface area contributed by atoms with Gasteiger partial charge in [-0.3, -0.25) is 19.3 Å². The number of ether oxygens (including phenoxy) is 2. The Labute approximate surface area is 225 Å². The average Bonchev–Trinajstić information content (AvgIpc) is 3.62. The summed E-state index contributed by atoms with van der Waals surface area (Å²) in [6.07, 6.45) is 5.52. The lowest BCUT2D eigenvalue weighted by Gasteiger charge is -2.30. The van der Waals surface area contributed by atoms with Gasteiger partial charge in [-0.05, 0) is 56.3 Å². The molecule has 10 heteroatoms. The number of nitrogens with zero attached hydrogens (tertiary/aromatic N) is 3. The molecule has 3 N–H and O–H groups in total. The second-order valence-corrected chi connectivity index (χ2v) is 10.6. The van der Waals surface area contributed by atoms with Gasteiger partial charge in [0.1, 0.15) is 0 Å². The molecule has 3 heterocycles. The van der Waals surface area contributed by atoms with Gasteiger partial charge in [0.2, 0.25) is 18.6 Å². The number of amides is 2. The summed E-state index contributed by atoms with van der Waals surface area (Å²) in [7, 11) is 0. The predicted molar refractivity (Wildman–Crippen MR) is 142 cm³/mol. The molecule has 2 fully saturated rings. The Morgan fingerprint density at radius 3 is 2.66 bits per heavy atom. The molecule has 3 atom stereocenters. The fraction of sp³-hybridized carbons (Fsp3) is 0.679. The monoisotopic (exact) mass is 530 g/mol. The zero-order valence-corrected chi connectivity index (χ0v) is 22.5. The number of carboxylic acids is 1. The number of carbonyl (C=O) groups excluding carboxylic acids is 2. The van der Waals surface area contributed by atoms with Crippen molar-refractivity contribution in [3.05, 3.63) is 23.8 Å². The normalized spacial score (nSPS) is 22.8. The molecule has 0 aliphatic carbocycles. The zero-order valence-electron chi connectivity index (χ0n) is 22.5. The van der Waals surface area contributed by atoms with Crippen LogP contribution < -0.4 is 15.2 Å². The summed E-state index contributed by atoms with van der Waals surface area (Å²) < 4.78 is 11.0. The highest BCUT2D eigenvalue weighted by molar-refractivity contribution is 5.79. The lowest BCUT2D eigenvalue weighted by atomic mass is 9.84. The topological polar surface area (TPSA) is 126 Å². The van der Waals surface area contributed by atoms with Crippen LogP contribution in [0.4, 0.5) is 0 Å². The third kappa shape index (κ3) is 6.58. The van der Waals surface area contributed by atoms with Crippen molar-refractivity contribution in [3.63, 3.8) is 0 Å². The first-order valence-electron chi connectivity index (χ1n) is 14.0. The summed E-state index contributed by atoms with van der Waals surface area (Å²) in [6, 6.07) is 5.24. The number of likely N-dealkylation sites (tertiary alicyclic amines) is 2. The van der Waals surface area contributed by atoms with Crippen LogP contribution in [0.3, 0.4) is 0 Å². The molecule has 38 heavy (non-hydrogen) atoms. The third-order valence-electron chi connectivity index (χ3n) is 8.08. The minimum absolute atomic E-state index is 0.0215. The van der Waals surface area contributed by atoms with E-state index in [0.29, 0.717) is 63.6 Å². The lowest BCUT2D eigenvalue weighted by molar-refractivity contribution is -0.144. The van der Waals surface area contributed by atoms with Crippen molar-refractivity contribution < 1.29 is 29.0 Å². The van der Waals surface area contributed by atoms with E-state index in [9.17, 15) is 19.5 Å². The maximum absolute atomic E-state index is 13.5. The molecule has 1 unspecified atom stereocenters. The van der Waals surface area contributed by atoms with Crippen LogP contribution in [0.2, 0.25) is 0 Å². The van der Waals surface area contributed by atoms with Crippen LogP contribution in [0.5, 0.6) is 11.5 Å². The minimum Gasteiger partial charge on any atom is -0.481 e. The molecule has 0 saturated carbocycles. The molecule has 1 aromatic rings. The van der Waals surface area contributed by atoms with E-state index in [1.165, 1.54) is 0 Å². The summed E-state index contributed by atoms with van der Waals surface area (Å²) in [5.74, 6) is -0.489. The summed E-state index contributed by atoms with van der Waals surface area (Å²) in [4.78, 5) is 44.3. The van der Waals surface area contributed by atoms with E-state index in [2.05, 4.69) is 6.92 Å². The van der Waals surface area contributed by atoms with Crippen molar-refractivity contribution in [2.75, 3.05) is 52.6 Å². The number of fused-ring (bicyclic) bond motifs is 1. The Morgan fingerprint density at radius 1 is 1.16 bits per heavy atom. The number of hydrogen-bond acceptors (Lipinski definition) is 7. The first-order valence-corrected chi connectivity index (χ1v) is 14.0. The van der Waals surface area contributed by atoms with Crippen molar-refractivity contribution in [2.24, 2.45) is 11.7 Å². The standard InChI is InChI=1S/C28H42N4O6/c1-2-3-12-30(13-5-4-11-29)26(34)18-32-17-21(20-8-9-23-24(16-20)38-19-37-23)27(28(35)36)22(32)10-15-31-14-6-7-25(31)33/h8-9,16,21-22,27H,2-7,10-15,17-19,29H2,1H3,(H,35,36)/t21-,22+,27?/m1/s1. The van der Waals surface area contributed by atoms with Gasteiger partial charge < -0.3 is 30.1 Å². The number of carbonyl (C=O) groups is 3. The van der Waals surface area contributed by atoms with Crippen molar-refractivity contribution in [1.29, 1.82) is 0 Å². The number of rotatable bonds is 14. The Kier molecular flexibility index (Phi) is 9.85. The molecule has 3 aliphatic rings. The van der Waals surface area contributed by atoms with Crippen LogP contribution in [-0.2, 0) is 14.4 Å². The maximum Gasteiger partial charge on any atom is 0.308 e. The van der Waals surface area contributed by atoms with Crippen molar-refractivity contribution in [3.8, 4) is 11.5 Å². The van der Waals surface area contributed by atoms with Gasteiger partial charge in [0, 0.05) is 51.1 Å². The molecule has 3 aliphatic heterocycles. The molecular formula is C28H42N4O6. The van der Waals surface area contributed by atoms with Crippen molar-refractivity contribution in [1.82, 2.24) is 14.7 Å². The quantitative estimate of drug-likeness (QED) is 0.351. The van der Waals surface area contributed by atoms with Gasteiger partial charge in [-0.25, -0.2) is 0 Å². The molecule has 2 amide bonds. The van der Waals surface area contributed by atoms with E-state index in [4.69, 9.17) is 15.2 Å². The van der Waals surface area contributed by atoms with Crippen LogP contribution in [0.1, 0.15) is 63.4 Å². The van der Waals surface area contributed by atoms with Crippen molar-refractivity contribution >= 4 is 17.8 Å².